The number of likely N-dealkylation sites (N-methyl/N-ethyl adjacent to an activating group) is 2. The Morgan fingerprint density at radius 2 is 1.83 bits per heavy atom. The van der Waals surface area contributed by atoms with E-state index in [2.05, 4.69) is 10.0 Å². The van der Waals surface area contributed by atoms with E-state index in [9.17, 15) is 18.0 Å². The fourth-order valence-corrected chi connectivity index (χ4v) is 3.94. The Morgan fingerprint density at radius 3 is 2.38 bits per heavy atom. The van der Waals surface area contributed by atoms with E-state index in [1.54, 1.807) is 11.4 Å². The molecule has 0 unspecified atom stereocenters. The quantitative estimate of drug-likeness (QED) is 0.806. The van der Waals surface area contributed by atoms with Gasteiger partial charge in [-0.05, 0) is 35.7 Å². The van der Waals surface area contributed by atoms with Gasteiger partial charge in [0, 0.05) is 25.3 Å². The van der Waals surface area contributed by atoms with Crippen molar-refractivity contribution < 1.29 is 18.0 Å². The lowest BCUT2D eigenvalue weighted by molar-refractivity contribution is -0.121. The van der Waals surface area contributed by atoms with Crippen LogP contribution in [0.25, 0.3) is 0 Å². The van der Waals surface area contributed by atoms with E-state index in [1.165, 1.54) is 49.3 Å². The van der Waals surface area contributed by atoms with Gasteiger partial charge in [-0.2, -0.15) is 0 Å². The third kappa shape index (κ3) is 4.33. The first-order valence-electron chi connectivity index (χ1n) is 6.96. The lowest BCUT2D eigenvalue weighted by atomic mass is 10.2. The maximum atomic E-state index is 12.2. The van der Waals surface area contributed by atoms with Gasteiger partial charge in [-0.15, -0.1) is 11.3 Å². The summed E-state index contributed by atoms with van der Waals surface area (Å²) < 4.78 is 26.9. The molecule has 0 saturated carbocycles. The van der Waals surface area contributed by atoms with Crippen molar-refractivity contribution in [3.63, 3.8) is 0 Å². The first-order valence-corrected chi connectivity index (χ1v) is 9.32. The van der Waals surface area contributed by atoms with Crippen molar-refractivity contribution in [3.05, 3.63) is 47.3 Å². The van der Waals surface area contributed by atoms with E-state index in [1.807, 2.05) is 0 Å². The average molecular weight is 367 g/mol. The van der Waals surface area contributed by atoms with Crippen LogP contribution in [0.15, 0.2) is 46.0 Å². The highest BCUT2D eigenvalue weighted by atomic mass is 32.2. The second-order valence-corrected chi connectivity index (χ2v) is 7.81. The number of thiophene rings is 1. The minimum Gasteiger partial charge on any atom is -0.358 e. The summed E-state index contributed by atoms with van der Waals surface area (Å²) in [4.78, 5) is 24.8. The Morgan fingerprint density at radius 1 is 1.17 bits per heavy atom. The van der Waals surface area contributed by atoms with E-state index < -0.39 is 10.0 Å². The van der Waals surface area contributed by atoms with Gasteiger partial charge in [0.05, 0.1) is 6.54 Å². The molecule has 2 rings (SSSR count). The van der Waals surface area contributed by atoms with Gasteiger partial charge in [-0.1, -0.05) is 6.07 Å². The van der Waals surface area contributed by atoms with Crippen LogP contribution in [-0.2, 0) is 14.8 Å². The molecule has 7 nitrogen and oxygen atoms in total. The Bertz CT molecular complexity index is 815. The highest BCUT2D eigenvalue weighted by Gasteiger charge is 2.17. The van der Waals surface area contributed by atoms with Gasteiger partial charge < -0.3 is 10.2 Å². The Kier molecular flexibility index (Phi) is 5.58. The van der Waals surface area contributed by atoms with Crippen LogP contribution in [0.2, 0.25) is 0 Å². The summed E-state index contributed by atoms with van der Waals surface area (Å²) in [5.41, 5.74) is 0.717. The van der Waals surface area contributed by atoms with Crippen molar-refractivity contribution in [2.24, 2.45) is 0 Å². The molecule has 128 valence electrons. The number of amides is 2. The zero-order valence-electron chi connectivity index (χ0n) is 13.1. The van der Waals surface area contributed by atoms with Gasteiger partial charge in [-0.3, -0.25) is 14.3 Å². The smallest absolute Gasteiger partial charge is 0.271 e. The molecule has 0 radical (unpaired) electrons. The van der Waals surface area contributed by atoms with Crippen molar-refractivity contribution in [3.8, 4) is 0 Å². The number of anilines is 1. The van der Waals surface area contributed by atoms with Gasteiger partial charge in [-0.25, -0.2) is 8.42 Å². The topological polar surface area (TPSA) is 95.6 Å². The van der Waals surface area contributed by atoms with Crippen molar-refractivity contribution in [2.45, 2.75) is 4.21 Å². The standard InChI is InChI=1S/C15H17N3O4S2/c1-16-13(19)10-18(2)15(20)11-5-7-12(8-6-11)17-24(21,22)14-4-3-9-23-14/h3-9,17H,10H2,1-2H3,(H,16,19). The van der Waals surface area contributed by atoms with Gasteiger partial charge in [0.2, 0.25) is 5.91 Å². The number of carbonyl (C=O) groups excluding carboxylic acids is 2. The minimum absolute atomic E-state index is 0.0535. The van der Waals surface area contributed by atoms with Crippen LogP contribution in [0.1, 0.15) is 10.4 Å². The maximum Gasteiger partial charge on any atom is 0.271 e. The highest BCUT2D eigenvalue weighted by Crippen LogP contribution is 2.20. The van der Waals surface area contributed by atoms with E-state index in [4.69, 9.17) is 0 Å². The zero-order chi connectivity index (χ0) is 17.7. The van der Waals surface area contributed by atoms with Crippen LogP contribution in [0, 0.1) is 0 Å². The van der Waals surface area contributed by atoms with Crippen LogP contribution in [0.5, 0.6) is 0 Å². The molecule has 2 N–H and O–H groups in total. The summed E-state index contributed by atoms with van der Waals surface area (Å²) in [7, 11) is -0.604. The molecule has 1 aromatic carbocycles. The molecule has 0 aliphatic carbocycles. The molecule has 0 saturated heterocycles. The Labute approximate surface area is 144 Å². The van der Waals surface area contributed by atoms with Gasteiger partial charge >= 0.3 is 0 Å². The normalized spacial score (nSPS) is 10.9. The monoisotopic (exact) mass is 367 g/mol. The summed E-state index contributed by atoms with van der Waals surface area (Å²) in [5, 5.41) is 4.12. The van der Waals surface area contributed by atoms with Crippen molar-refractivity contribution in [1.82, 2.24) is 10.2 Å². The zero-order valence-corrected chi connectivity index (χ0v) is 14.8. The van der Waals surface area contributed by atoms with Crippen molar-refractivity contribution >= 4 is 38.9 Å². The molecule has 0 aliphatic heterocycles. The highest BCUT2D eigenvalue weighted by molar-refractivity contribution is 7.94. The first-order chi connectivity index (χ1) is 11.3. The molecule has 0 aliphatic rings. The molecular weight excluding hydrogens is 350 g/mol. The van der Waals surface area contributed by atoms with Gasteiger partial charge in [0.15, 0.2) is 0 Å². The lowest BCUT2D eigenvalue weighted by Gasteiger charge is -2.16. The number of nitrogens with zero attached hydrogens (tertiary/aromatic N) is 1. The van der Waals surface area contributed by atoms with Crippen LogP contribution in [-0.4, -0.2) is 45.8 Å². The number of hydrogen-bond acceptors (Lipinski definition) is 5. The molecule has 2 amide bonds. The molecule has 24 heavy (non-hydrogen) atoms. The van der Waals surface area contributed by atoms with E-state index in [-0.39, 0.29) is 22.6 Å². The fraction of sp³-hybridized carbons (Fsp3) is 0.200. The summed E-state index contributed by atoms with van der Waals surface area (Å²) in [6.45, 7) is -0.0535. The Balaban J connectivity index is 2.08. The summed E-state index contributed by atoms with van der Waals surface area (Å²) in [6.07, 6.45) is 0. The molecule has 1 aromatic heterocycles. The molecule has 9 heteroatoms. The fourth-order valence-electron chi connectivity index (χ4n) is 1.89. The first kappa shape index (κ1) is 18.0. The van der Waals surface area contributed by atoms with E-state index >= 15 is 0 Å². The predicted octanol–water partition coefficient (Wildman–Crippen LogP) is 1.37. The molecule has 0 fully saturated rings. The molecular formula is C15H17N3O4S2. The van der Waals surface area contributed by atoms with Gasteiger partial charge in [0.1, 0.15) is 4.21 Å². The van der Waals surface area contributed by atoms with Crippen LogP contribution >= 0.6 is 11.3 Å². The number of sulfonamides is 1. The van der Waals surface area contributed by atoms with Crippen molar-refractivity contribution in [1.29, 1.82) is 0 Å². The van der Waals surface area contributed by atoms with Crippen LogP contribution < -0.4 is 10.0 Å². The summed E-state index contributed by atoms with van der Waals surface area (Å²) in [6, 6.07) is 9.20. The number of carbonyl (C=O) groups is 2. The molecule has 2 aromatic rings. The van der Waals surface area contributed by atoms with E-state index in [0.29, 0.717) is 11.3 Å². The summed E-state index contributed by atoms with van der Waals surface area (Å²) >= 11 is 1.12. The third-order valence-corrected chi connectivity index (χ3v) is 5.93. The number of rotatable bonds is 6. The lowest BCUT2D eigenvalue weighted by Crippen LogP contribution is -2.36. The number of hydrogen-bond donors (Lipinski definition) is 2. The van der Waals surface area contributed by atoms with E-state index in [0.717, 1.165) is 11.3 Å². The predicted molar refractivity (Wildman–Crippen MR) is 92.6 cm³/mol. The molecule has 0 atom stereocenters. The minimum atomic E-state index is -3.62. The molecule has 0 spiro atoms. The largest absolute Gasteiger partial charge is 0.358 e. The second-order valence-electron chi connectivity index (χ2n) is 4.95. The van der Waals surface area contributed by atoms with Gasteiger partial charge in [0.25, 0.3) is 15.9 Å². The second kappa shape index (κ2) is 7.45. The number of nitrogens with one attached hydrogen (secondary N) is 2. The SMILES string of the molecule is CNC(=O)CN(C)C(=O)c1ccc(NS(=O)(=O)c2cccs2)cc1. The van der Waals surface area contributed by atoms with Crippen LogP contribution in [0.3, 0.4) is 0 Å². The molecule has 1 heterocycles. The molecule has 0 bridgehead atoms. The Hall–Kier alpha value is -2.39. The summed E-state index contributed by atoms with van der Waals surface area (Å²) in [5.74, 6) is -0.600. The third-order valence-electron chi connectivity index (χ3n) is 3.15. The average Bonchev–Trinajstić information content (AvgIpc) is 3.09. The van der Waals surface area contributed by atoms with Crippen molar-refractivity contribution in [2.75, 3.05) is 25.4 Å². The van der Waals surface area contributed by atoms with Crippen LogP contribution in [0.4, 0.5) is 5.69 Å². The maximum absolute atomic E-state index is 12.2. The number of benzene rings is 1.